The van der Waals surface area contributed by atoms with Crippen LogP contribution in [0, 0.1) is 5.92 Å². The Balaban J connectivity index is 1.48. The molecule has 1 N–H and O–H groups in total. The smallest absolute Gasteiger partial charge is 0.274 e. The minimum absolute atomic E-state index is 0.0265. The van der Waals surface area contributed by atoms with Gasteiger partial charge in [0.25, 0.3) is 5.91 Å². The van der Waals surface area contributed by atoms with Crippen LogP contribution in [0.1, 0.15) is 16.1 Å². The van der Waals surface area contributed by atoms with Gasteiger partial charge in [-0.05, 0) is 24.1 Å². The van der Waals surface area contributed by atoms with E-state index in [-0.39, 0.29) is 11.8 Å². The standard InChI is InChI=1S/C18H21N5O2/c1-22-10-17(19-12-22)18(24)23-4-5-25-11-14(9-23)6-13-2-3-16-15(7-13)8-20-21-16/h2-3,7-8,10,12,14H,4-6,9,11H2,1H3,(H,20,21)/t14-/m0/s1. The second kappa shape index (κ2) is 6.68. The topological polar surface area (TPSA) is 76.0 Å². The number of carbonyl (C=O) groups excluding carboxylic acids is 1. The quantitative estimate of drug-likeness (QED) is 0.787. The third-order valence-electron chi connectivity index (χ3n) is 4.58. The molecule has 1 fully saturated rings. The minimum atomic E-state index is -0.0265. The second-order valence-electron chi connectivity index (χ2n) is 6.61. The fraction of sp³-hybridized carbons (Fsp3) is 0.389. The average Bonchev–Trinajstić information content (AvgIpc) is 3.18. The molecule has 3 heterocycles. The van der Waals surface area contributed by atoms with Gasteiger partial charge in [0, 0.05) is 37.6 Å². The van der Waals surface area contributed by atoms with E-state index in [1.54, 1.807) is 17.1 Å². The summed E-state index contributed by atoms with van der Waals surface area (Å²) in [6.07, 6.45) is 6.11. The summed E-state index contributed by atoms with van der Waals surface area (Å²) < 4.78 is 7.53. The first-order valence-corrected chi connectivity index (χ1v) is 8.46. The summed E-state index contributed by atoms with van der Waals surface area (Å²) in [5.41, 5.74) is 2.76. The number of amides is 1. The molecule has 0 radical (unpaired) electrons. The van der Waals surface area contributed by atoms with Crippen molar-refractivity contribution in [2.75, 3.05) is 26.3 Å². The Hall–Kier alpha value is -2.67. The van der Waals surface area contributed by atoms with Crippen molar-refractivity contribution in [3.63, 3.8) is 0 Å². The Morgan fingerprint density at radius 3 is 3.20 bits per heavy atom. The van der Waals surface area contributed by atoms with Crippen molar-refractivity contribution >= 4 is 16.8 Å². The molecule has 1 amide bonds. The van der Waals surface area contributed by atoms with Crippen molar-refractivity contribution in [2.24, 2.45) is 13.0 Å². The van der Waals surface area contributed by atoms with Crippen molar-refractivity contribution in [1.29, 1.82) is 0 Å². The highest BCUT2D eigenvalue weighted by molar-refractivity contribution is 5.92. The Morgan fingerprint density at radius 2 is 2.36 bits per heavy atom. The summed E-state index contributed by atoms with van der Waals surface area (Å²) in [5.74, 6) is 0.237. The number of fused-ring (bicyclic) bond motifs is 1. The van der Waals surface area contributed by atoms with Gasteiger partial charge in [-0.15, -0.1) is 0 Å². The lowest BCUT2D eigenvalue weighted by Crippen LogP contribution is -2.36. The molecule has 1 atom stereocenters. The van der Waals surface area contributed by atoms with Gasteiger partial charge in [-0.25, -0.2) is 4.98 Å². The zero-order valence-electron chi connectivity index (χ0n) is 14.2. The van der Waals surface area contributed by atoms with E-state index in [4.69, 9.17) is 4.74 Å². The monoisotopic (exact) mass is 339 g/mol. The Bertz CT molecular complexity index is 884. The number of hydrogen-bond acceptors (Lipinski definition) is 4. The van der Waals surface area contributed by atoms with Crippen LogP contribution in [0.4, 0.5) is 0 Å². The Labute approximate surface area is 145 Å². The largest absolute Gasteiger partial charge is 0.379 e. The number of nitrogens with zero attached hydrogens (tertiary/aromatic N) is 4. The molecule has 0 spiro atoms. The summed E-state index contributed by atoms with van der Waals surface area (Å²) in [6, 6.07) is 6.30. The van der Waals surface area contributed by atoms with Gasteiger partial charge in [-0.3, -0.25) is 9.89 Å². The molecule has 3 aromatic rings. The van der Waals surface area contributed by atoms with Gasteiger partial charge in [0.1, 0.15) is 5.69 Å². The third kappa shape index (κ3) is 3.41. The van der Waals surface area contributed by atoms with Gasteiger partial charge >= 0.3 is 0 Å². The Morgan fingerprint density at radius 1 is 1.44 bits per heavy atom. The van der Waals surface area contributed by atoms with E-state index in [2.05, 4.69) is 27.3 Å². The lowest BCUT2D eigenvalue weighted by Gasteiger charge is -2.23. The van der Waals surface area contributed by atoms with E-state index in [9.17, 15) is 4.79 Å². The van der Waals surface area contributed by atoms with Crippen LogP contribution in [0.25, 0.3) is 10.9 Å². The predicted octanol–water partition coefficient (Wildman–Crippen LogP) is 1.63. The molecule has 2 aromatic heterocycles. The van der Waals surface area contributed by atoms with Crippen LogP contribution in [0.5, 0.6) is 0 Å². The molecule has 1 aliphatic rings. The zero-order chi connectivity index (χ0) is 17.2. The van der Waals surface area contributed by atoms with Crippen molar-refractivity contribution in [3.8, 4) is 0 Å². The van der Waals surface area contributed by atoms with Crippen LogP contribution < -0.4 is 0 Å². The summed E-state index contributed by atoms with van der Waals surface area (Å²) in [4.78, 5) is 18.7. The fourth-order valence-electron chi connectivity index (χ4n) is 3.33. The van der Waals surface area contributed by atoms with Gasteiger partial charge in [-0.2, -0.15) is 5.10 Å². The third-order valence-corrected chi connectivity index (χ3v) is 4.58. The van der Waals surface area contributed by atoms with Crippen LogP contribution >= 0.6 is 0 Å². The number of hydrogen-bond donors (Lipinski definition) is 1. The lowest BCUT2D eigenvalue weighted by molar-refractivity contribution is 0.0732. The van der Waals surface area contributed by atoms with Crippen LogP contribution in [-0.2, 0) is 18.2 Å². The summed E-state index contributed by atoms with van der Waals surface area (Å²) >= 11 is 0. The molecule has 1 aromatic carbocycles. The SMILES string of the molecule is Cn1cnc(C(=O)N2CCOC[C@@H](Cc3ccc4[nH]ncc4c3)C2)c1. The van der Waals surface area contributed by atoms with Gasteiger partial charge in [-0.1, -0.05) is 6.07 Å². The second-order valence-corrected chi connectivity index (χ2v) is 6.61. The summed E-state index contributed by atoms with van der Waals surface area (Å²) in [5, 5.41) is 8.13. The highest BCUT2D eigenvalue weighted by atomic mass is 16.5. The molecule has 25 heavy (non-hydrogen) atoms. The zero-order valence-corrected chi connectivity index (χ0v) is 14.2. The number of benzene rings is 1. The van der Waals surface area contributed by atoms with E-state index in [0.29, 0.717) is 32.0 Å². The van der Waals surface area contributed by atoms with E-state index in [1.165, 1.54) is 5.56 Å². The Kier molecular flexibility index (Phi) is 4.23. The number of aromatic amines is 1. The number of ether oxygens (including phenoxy) is 1. The van der Waals surface area contributed by atoms with E-state index in [0.717, 1.165) is 17.3 Å². The highest BCUT2D eigenvalue weighted by Crippen LogP contribution is 2.19. The first-order valence-electron chi connectivity index (χ1n) is 8.46. The number of rotatable bonds is 3. The number of aromatic nitrogens is 4. The molecule has 0 bridgehead atoms. The molecule has 0 saturated carbocycles. The molecule has 130 valence electrons. The van der Waals surface area contributed by atoms with Crippen LogP contribution in [0.15, 0.2) is 36.9 Å². The summed E-state index contributed by atoms with van der Waals surface area (Å²) in [6.45, 7) is 2.51. The number of H-pyrrole nitrogens is 1. The molecule has 1 saturated heterocycles. The maximum Gasteiger partial charge on any atom is 0.274 e. The molecule has 4 rings (SSSR count). The molecule has 0 aliphatic carbocycles. The van der Waals surface area contributed by atoms with Crippen LogP contribution in [-0.4, -0.2) is 56.9 Å². The lowest BCUT2D eigenvalue weighted by atomic mass is 9.98. The molecule has 0 unspecified atom stereocenters. The van der Waals surface area contributed by atoms with E-state index < -0.39 is 0 Å². The van der Waals surface area contributed by atoms with Crippen LogP contribution in [0.2, 0.25) is 0 Å². The van der Waals surface area contributed by atoms with Crippen molar-refractivity contribution < 1.29 is 9.53 Å². The van der Waals surface area contributed by atoms with Gasteiger partial charge in [0.2, 0.25) is 0 Å². The first kappa shape index (κ1) is 15.8. The van der Waals surface area contributed by atoms with E-state index >= 15 is 0 Å². The highest BCUT2D eigenvalue weighted by Gasteiger charge is 2.24. The molecule has 7 nitrogen and oxygen atoms in total. The number of nitrogens with one attached hydrogen (secondary N) is 1. The van der Waals surface area contributed by atoms with Crippen molar-refractivity contribution in [2.45, 2.75) is 6.42 Å². The van der Waals surface area contributed by atoms with Crippen molar-refractivity contribution in [3.05, 3.63) is 48.2 Å². The maximum absolute atomic E-state index is 12.7. The average molecular weight is 339 g/mol. The molecular formula is C18H21N5O2. The predicted molar refractivity (Wildman–Crippen MR) is 93.2 cm³/mol. The van der Waals surface area contributed by atoms with Gasteiger partial charge in [0.15, 0.2) is 0 Å². The molecule has 7 heteroatoms. The number of aryl methyl sites for hydroxylation is 1. The number of imidazole rings is 1. The van der Waals surface area contributed by atoms with Gasteiger partial charge < -0.3 is 14.2 Å². The minimum Gasteiger partial charge on any atom is -0.379 e. The van der Waals surface area contributed by atoms with Crippen LogP contribution in [0.3, 0.4) is 0 Å². The van der Waals surface area contributed by atoms with Gasteiger partial charge in [0.05, 0.1) is 31.3 Å². The maximum atomic E-state index is 12.7. The molecular weight excluding hydrogens is 318 g/mol. The summed E-state index contributed by atoms with van der Waals surface area (Å²) in [7, 11) is 1.87. The normalized spacial score (nSPS) is 18.4. The number of carbonyl (C=O) groups is 1. The first-order chi connectivity index (χ1) is 12.2. The van der Waals surface area contributed by atoms with Crippen molar-refractivity contribution in [1.82, 2.24) is 24.6 Å². The molecule has 1 aliphatic heterocycles. The fourth-order valence-corrected chi connectivity index (χ4v) is 3.33. The van der Waals surface area contributed by atoms with E-state index in [1.807, 2.05) is 24.2 Å².